The Labute approximate surface area is 142 Å². The van der Waals surface area contributed by atoms with Gasteiger partial charge in [-0.05, 0) is 43.7 Å². The number of fused-ring (bicyclic) bond motifs is 1. The minimum atomic E-state index is 0.0667. The number of hydrogen-bond donors (Lipinski definition) is 0. The number of rotatable bonds is 3. The van der Waals surface area contributed by atoms with Crippen molar-refractivity contribution in [2.24, 2.45) is 0 Å². The van der Waals surface area contributed by atoms with Crippen LogP contribution in [0.3, 0.4) is 0 Å². The number of hydrogen-bond acceptors (Lipinski definition) is 3. The quantitative estimate of drug-likeness (QED) is 0.872. The van der Waals surface area contributed by atoms with Gasteiger partial charge in [-0.2, -0.15) is 0 Å². The molecule has 2 aromatic rings. The summed E-state index contributed by atoms with van der Waals surface area (Å²) in [5.74, 6) is 1.88. The molecule has 5 nitrogen and oxygen atoms in total. The monoisotopic (exact) mass is 324 g/mol. The number of aromatic nitrogens is 3. The summed E-state index contributed by atoms with van der Waals surface area (Å²) in [6.07, 6.45) is 5.77. The lowest BCUT2D eigenvalue weighted by molar-refractivity contribution is -0.133. The molecule has 0 radical (unpaired) electrons. The molecule has 1 amide bonds. The summed E-state index contributed by atoms with van der Waals surface area (Å²) in [6, 6.07) is 8.41. The van der Waals surface area contributed by atoms with Crippen LogP contribution in [0.5, 0.6) is 0 Å². The summed E-state index contributed by atoms with van der Waals surface area (Å²) < 4.78 is 2.12. The van der Waals surface area contributed by atoms with Gasteiger partial charge in [0.15, 0.2) is 0 Å². The Morgan fingerprint density at radius 2 is 2.00 bits per heavy atom. The van der Waals surface area contributed by atoms with Gasteiger partial charge in [-0.3, -0.25) is 4.79 Å². The second-order valence-corrected chi connectivity index (χ2v) is 6.86. The van der Waals surface area contributed by atoms with Gasteiger partial charge in [0, 0.05) is 25.6 Å². The third-order valence-electron chi connectivity index (χ3n) is 5.59. The second-order valence-electron chi connectivity index (χ2n) is 6.86. The lowest BCUT2D eigenvalue weighted by atomic mass is 9.93. The Bertz CT molecular complexity index is 730. The van der Waals surface area contributed by atoms with Gasteiger partial charge in [-0.1, -0.05) is 24.3 Å². The van der Waals surface area contributed by atoms with Gasteiger partial charge in [0.25, 0.3) is 0 Å². The topological polar surface area (TPSA) is 51.0 Å². The number of nitrogens with zero attached hydrogens (tertiary/aromatic N) is 4. The molecule has 1 aromatic heterocycles. The molecule has 126 valence electrons. The lowest BCUT2D eigenvalue weighted by Gasteiger charge is -2.33. The number of carbonyl (C=O) groups is 1. The van der Waals surface area contributed by atoms with Crippen LogP contribution < -0.4 is 0 Å². The van der Waals surface area contributed by atoms with Crippen LogP contribution in [0.4, 0.5) is 0 Å². The molecule has 1 aliphatic carbocycles. The van der Waals surface area contributed by atoms with Gasteiger partial charge in [0.1, 0.15) is 12.2 Å². The fourth-order valence-corrected chi connectivity index (χ4v) is 4.22. The zero-order valence-electron chi connectivity index (χ0n) is 14.2. The lowest BCUT2D eigenvalue weighted by Crippen LogP contribution is -2.40. The molecule has 5 heteroatoms. The normalized spacial score (nSPS) is 21.0. The molecule has 0 saturated carbocycles. The highest BCUT2D eigenvalue weighted by Crippen LogP contribution is 2.36. The maximum atomic E-state index is 13.0. The smallest absolute Gasteiger partial charge is 0.230 e. The average molecular weight is 324 g/mol. The fourth-order valence-electron chi connectivity index (χ4n) is 4.22. The largest absolute Gasteiger partial charge is 0.342 e. The highest BCUT2D eigenvalue weighted by molar-refractivity contribution is 5.85. The summed E-state index contributed by atoms with van der Waals surface area (Å²) >= 11 is 0. The van der Waals surface area contributed by atoms with Crippen LogP contribution in [0, 0.1) is 0 Å². The Hall–Kier alpha value is -2.17. The first-order valence-corrected chi connectivity index (χ1v) is 9.02. The van der Waals surface area contributed by atoms with Crippen LogP contribution in [0.2, 0.25) is 0 Å². The van der Waals surface area contributed by atoms with Gasteiger partial charge in [-0.25, -0.2) is 0 Å². The third-order valence-corrected chi connectivity index (χ3v) is 5.59. The summed E-state index contributed by atoms with van der Waals surface area (Å²) in [4.78, 5) is 15.0. The summed E-state index contributed by atoms with van der Waals surface area (Å²) in [6.45, 7) is 4.68. The number of likely N-dealkylation sites (tertiary alicyclic amines) is 1. The fraction of sp³-hybridized carbons (Fsp3) is 0.526. The van der Waals surface area contributed by atoms with Crippen LogP contribution in [0.25, 0.3) is 0 Å². The molecule has 0 spiro atoms. The average Bonchev–Trinajstić information content (AvgIpc) is 3.28. The van der Waals surface area contributed by atoms with Crippen LogP contribution >= 0.6 is 0 Å². The Kier molecular flexibility index (Phi) is 4.08. The van der Waals surface area contributed by atoms with E-state index >= 15 is 0 Å². The minimum Gasteiger partial charge on any atom is -0.342 e. The van der Waals surface area contributed by atoms with E-state index in [0.29, 0.717) is 11.8 Å². The van der Waals surface area contributed by atoms with E-state index in [0.717, 1.165) is 51.1 Å². The molecule has 2 aliphatic rings. The maximum Gasteiger partial charge on any atom is 0.230 e. The molecule has 24 heavy (non-hydrogen) atoms. The van der Waals surface area contributed by atoms with Gasteiger partial charge in [0.2, 0.25) is 5.91 Å². The van der Waals surface area contributed by atoms with Crippen molar-refractivity contribution in [3.8, 4) is 0 Å². The van der Waals surface area contributed by atoms with Crippen LogP contribution in [0.15, 0.2) is 30.6 Å². The van der Waals surface area contributed by atoms with E-state index in [4.69, 9.17) is 0 Å². The van der Waals surface area contributed by atoms with Crippen LogP contribution in [-0.4, -0.2) is 38.7 Å². The van der Waals surface area contributed by atoms with Crippen molar-refractivity contribution in [2.45, 2.75) is 51.0 Å². The van der Waals surface area contributed by atoms with Crippen molar-refractivity contribution in [2.75, 3.05) is 13.1 Å². The zero-order chi connectivity index (χ0) is 16.5. The molecular formula is C19H24N4O. The van der Waals surface area contributed by atoms with Gasteiger partial charge in [0.05, 0.1) is 5.92 Å². The van der Waals surface area contributed by atoms with E-state index in [1.54, 1.807) is 0 Å². The van der Waals surface area contributed by atoms with Crippen molar-refractivity contribution < 1.29 is 4.79 Å². The SMILES string of the molecule is CCn1cnnc1C1CCN(C(=O)[C@@H]2CCc3ccccc32)CC1. The zero-order valence-corrected chi connectivity index (χ0v) is 14.2. The van der Waals surface area contributed by atoms with Gasteiger partial charge < -0.3 is 9.47 Å². The Morgan fingerprint density at radius 1 is 1.21 bits per heavy atom. The number of piperidine rings is 1. The molecular weight excluding hydrogens is 300 g/mol. The van der Waals surface area contributed by atoms with Gasteiger partial charge in [-0.15, -0.1) is 10.2 Å². The van der Waals surface area contributed by atoms with E-state index in [9.17, 15) is 4.79 Å². The molecule has 4 rings (SSSR count). The maximum absolute atomic E-state index is 13.0. The molecule has 1 saturated heterocycles. The third kappa shape index (κ3) is 2.62. The summed E-state index contributed by atoms with van der Waals surface area (Å²) in [7, 11) is 0. The molecule has 1 atom stereocenters. The van der Waals surface area contributed by atoms with Crippen molar-refractivity contribution in [3.63, 3.8) is 0 Å². The molecule has 1 fully saturated rings. The molecule has 0 unspecified atom stereocenters. The molecule has 1 aromatic carbocycles. The number of aryl methyl sites for hydroxylation is 2. The second kappa shape index (κ2) is 6.38. The van der Waals surface area contributed by atoms with E-state index in [2.05, 4.69) is 44.8 Å². The molecule has 0 bridgehead atoms. The number of carbonyl (C=O) groups excluding carboxylic acids is 1. The van der Waals surface area contributed by atoms with E-state index in [1.807, 2.05) is 12.4 Å². The van der Waals surface area contributed by atoms with E-state index in [1.165, 1.54) is 11.1 Å². The van der Waals surface area contributed by atoms with Crippen LogP contribution in [0.1, 0.15) is 55.0 Å². The number of amides is 1. The molecule has 2 heterocycles. The standard InChI is InChI=1S/C19H24N4O/c1-2-22-13-20-21-18(22)15-9-11-23(12-10-15)19(24)17-8-7-14-5-3-4-6-16(14)17/h3-6,13,15,17H,2,7-12H2,1H3/t17-/m1/s1. The Balaban J connectivity index is 1.42. The van der Waals surface area contributed by atoms with E-state index in [-0.39, 0.29) is 5.92 Å². The minimum absolute atomic E-state index is 0.0667. The van der Waals surface area contributed by atoms with Crippen molar-refractivity contribution in [1.82, 2.24) is 19.7 Å². The van der Waals surface area contributed by atoms with E-state index < -0.39 is 0 Å². The van der Waals surface area contributed by atoms with Crippen molar-refractivity contribution >= 4 is 5.91 Å². The highest BCUT2D eigenvalue weighted by Gasteiger charge is 2.34. The molecule has 1 aliphatic heterocycles. The van der Waals surface area contributed by atoms with Crippen LogP contribution in [-0.2, 0) is 17.8 Å². The first kappa shape index (κ1) is 15.4. The molecule has 0 N–H and O–H groups in total. The predicted octanol–water partition coefficient (Wildman–Crippen LogP) is 2.73. The first-order chi connectivity index (χ1) is 11.8. The van der Waals surface area contributed by atoms with Crippen molar-refractivity contribution in [3.05, 3.63) is 47.5 Å². The summed E-state index contributed by atoms with van der Waals surface area (Å²) in [5, 5.41) is 8.34. The number of benzene rings is 1. The highest BCUT2D eigenvalue weighted by atomic mass is 16.2. The first-order valence-electron chi connectivity index (χ1n) is 9.02. The van der Waals surface area contributed by atoms with Gasteiger partial charge >= 0.3 is 0 Å². The van der Waals surface area contributed by atoms with Crippen molar-refractivity contribution in [1.29, 1.82) is 0 Å². The summed E-state index contributed by atoms with van der Waals surface area (Å²) in [5.41, 5.74) is 2.59. The Morgan fingerprint density at radius 3 is 2.79 bits per heavy atom. The predicted molar refractivity (Wildman–Crippen MR) is 91.8 cm³/mol.